The summed E-state index contributed by atoms with van der Waals surface area (Å²) in [6, 6.07) is 16.2. The lowest BCUT2D eigenvalue weighted by Crippen LogP contribution is -2.39. The van der Waals surface area contributed by atoms with Crippen molar-refractivity contribution in [3.05, 3.63) is 66.2 Å². The molecule has 0 radical (unpaired) electrons. The van der Waals surface area contributed by atoms with Crippen molar-refractivity contribution >= 4 is 19.5 Å². The molecule has 0 saturated carbocycles. The number of para-hydroxylation sites is 1. The van der Waals surface area contributed by atoms with Crippen LogP contribution in [-0.2, 0) is 25.3 Å². The summed E-state index contributed by atoms with van der Waals surface area (Å²) in [6.07, 6.45) is 0. The Bertz CT molecular complexity index is 703. The first-order valence-electron chi connectivity index (χ1n) is 7.17. The molecule has 0 aromatic heterocycles. The third-order valence-corrected chi connectivity index (χ3v) is 3.51. The largest absolute Gasteiger partial charge is 0.491 e. The Morgan fingerprint density at radius 3 is 2.17 bits per heavy atom. The van der Waals surface area contributed by atoms with Gasteiger partial charge in [-0.3, -0.25) is 0 Å². The second kappa shape index (κ2) is 8.08. The Labute approximate surface area is 139 Å². The fraction of sp³-hybridized carbons (Fsp3) is 0.188. The minimum absolute atomic E-state index is 0.0581. The molecule has 0 heterocycles. The van der Waals surface area contributed by atoms with Crippen molar-refractivity contribution in [3.8, 4) is 0 Å². The van der Waals surface area contributed by atoms with Crippen LogP contribution in [0.4, 0.5) is 5.69 Å². The van der Waals surface area contributed by atoms with E-state index in [0.717, 1.165) is 10.6 Å². The zero-order valence-electron chi connectivity index (χ0n) is 13.0. The molecule has 2 N–H and O–H groups in total. The predicted octanol–water partition coefficient (Wildman–Crippen LogP) is 2.65. The average molecular weight is 351 g/mol. The number of hydrogen-bond donors (Lipinski definition) is 2. The minimum Gasteiger partial charge on any atom is -0.459 e. The Hall–Kier alpha value is -2.18. The second-order valence-corrected chi connectivity index (χ2v) is 6.15. The van der Waals surface area contributed by atoms with Crippen molar-refractivity contribution in [2.75, 3.05) is 5.06 Å². The summed E-state index contributed by atoms with van der Waals surface area (Å²) >= 11 is 0. The summed E-state index contributed by atoms with van der Waals surface area (Å²) in [5, 5.41) is 0.855. The first-order valence-corrected chi connectivity index (χ1v) is 8.70. The standard InChI is InChI=1S/C16H18NO6P/c1-13(16(18)22-12-14-8-4-2-5-9-14)17(23-24(19,20)21)15-10-6-3-7-11-15/h2-11,13H,12H2,1H3,(H2,19,20,21)/t13-/m0/s1. The van der Waals surface area contributed by atoms with Gasteiger partial charge in [0.15, 0.2) is 6.04 Å². The number of esters is 1. The highest BCUT2D eigenvalue weighted by Gasteiger charge is 2.30. The van der Waals surface area contributed by atoms with Gasteiger partial charge in [-0.1, -0.05) is 48.5 Å². The molecule has 0 unspecified atom stereocenters. The van der Waals surface area contributed by atoms with E-state index < -0.39 is 19.8 Å². The van der Waals surface area contributed by atoms with E-state index in [1.165, 1.54) is 6.92 Å². The maximum absolute atomic E-state index is 12.2. The van der Waals surface area contributed by atoms with E-state index in [1.807, 2.05) is 18.2 Å². The van der Waals surface area contributed by atoms with Gasteiger partial charge in [0.1, 0.15) is 6.61 Å². The number of hydroxylamine groups is 1. The Balaban J connectivity index is 2.10. The topological polar surface area (TPSA) is 96.3 Å². The monoisotopic (exact) mass is 351 g/mol. The molecule has 0 amide bonds. The molecule has 2 aromatic rings. The number of nitrogens with zero attached hydrogens (tertiary/aromatic N) is 1. The number of phosphoric acid groups is 1. The highest BCUT2D eigenvalue weighted by molar-refractivity contribution is 7.46. The van der Waals surface area contributed by atoms with Crippen molar-refractivity contribution in [1.82, 2.24) is 0 Å². The van der Waals surface area contributed by atoms with Crippen molar-refractivity contribution in [3.63, 3.8) is 0 Å². The van der Waals surface area contributed by atoms with Crippen LogP contribution in [0.15, 0.2) is 60.7 Å². The van der Waals surface area contributed by atoms with Gasteiger partial charge in [0.05, 0.1) is 5.69 Å². The lowest BCUT2D eigenvalue weighted by Gasteiger charge is -2.28. The molecular formula is C16H18NO6P. The first-order chi connectivity index (χ1) is 11.4. The summed E-state index contributed by atoms with van der Waals surface area (Å²) in [7, 11) is -4.84. The number of carbonyl (C=O) groups excluding carboxylic acids is 1. The number of hydrogen-bond acceptors (Lipinski definition) is 5. The fourth-order valence-corrected chi connectivity index (χ4v) is 2.44. The lowest BCUT2D eigenvalue weighted by atomic mass is 10.2. The molecule has 1 atom stereocenters. The Morgan fingerprint density at radius 1 is 1.08 bits per heavy atom. The highest BCUT2D eigenvalue weighted by atomic mass is 31.2. The van der Waals surface area contributed by atoms with Gasteiger partial charge in [0.2, 0.25) is 0 Å². The molecule has 0 aliphatic rings. The third-order valence-electron chi connectivity index (χ3n) is 3.12. The molecular weight excluding hydrogens is 333 g/mol. The van der Waals surface area contributed by atoms with Gasteiger partial charge in [-0.2, -0.15) is 4.62 Å². The molecule has 24 heavy (non-hydrogen) atoms. The van der Waals surface area contributed by atoms with E-state index in [-0.39, 0.29) is 6.61 Å². The molecule has 2 rings (SSSR count). The summed E-state index contributed by atoms with van der Waals surface area (Å²) < 4.78 is 21.1. The fourth-order valence-electron chi connectivity index (χ4n) is 1.98. The van der Waals surface area contributed by atoms with E-state index in [1.54, 1.807) is 42.5 Å². The van der Waals surface area contributed by atoms with E-state index in [4.69, 9.17) is 14.5 Å². The second-order valence-electron chi connectivity index (χ2n) is 5.00. The van der Waals surface area contributed by atoms with Gasteiger partial charge in [-0.15, -0.1) is 0 Å². The number of rotatable bonds is 7. The van der Waals surface area contributed by atoms with E-state index in [0.29, 0.717) is 5.69 Å². The van der Waals surface area contributed by atoms with E-state index in [9.17, 15) is 9.36 Å². The molecule has 0 saturated heterocycles. The first kappa shape index (κ1) is 18.2. The number of carbonyl (C=O) groups is 1. The van der Waals surface area contributed by atoms with Gasteiger partial charge < -0.3 is 14.5 Å². The van der Waals surface area contributed by atoms with Crippen LogP contribution in [-0.4, -0.2) is 21.8 Å². The van der Waals surface area contributed by atoms with Crippen molar-refractivity contribution < 1.29 is 28.5 Å². The van der Waals surface area contributed by atoms with Crippen LogP contribution in [0.5, 0.6) is 0 Å². The zero-order chi connectivity index (χ0) is 17.6. The predicted molar refractivity (Wildman–Crippen MR) is 87.8 cm³/mol. The minimum atomic E-state index is -4.84. The molecule has 128 valence electrons. The highest BCUT2D eigenvalue weighted by Crippen LogP contribution is 2.39. The molecule has 0 spiro atoms. The molecule has 0 aliphatic heterocycles. The van der Waals surface area contributed by atoms with Crippen LogP contribution in [0.1, 0.15) is 12.5 Å². The van der Waals surface area contributed by atoms with Crippen LogP contribution in [0.2, 0.25) is 0 Å². The van der Waals surface area contributed by atoms with Crippen molar-refractivity contribution in [2.45, 2.75) is 19.6 Å². The zero-order valence-corrected chi connectivity index (χ0v) is 13.9. The van der Waals surface area contributed by atoms with Crippen LogP contribution in [0, 0.1) is 0 Å². The summed E-state index contributed by atoms with van der Waals surface area (Å²) in [5.41, 5.74) is 1.13. The van der Waals surface area contributed by atoms with Gasteiger partial charge in [0.25, 0.3) is 0 Å². The van der Waals surface area contributed by atoms with Gasteiger partial charge >= 0.3 is 13.8 Å². The molecule has 8 heteroatoms. The van der Waals surface area contributed by atoms with Crippen LogP contribution in [0.25, 0.3) is 0 Å². The van der Waals surface area contributed by atoms with Crippen LogP contribution >= 0.6 is 7.82 Å². The number of anilines is 1. The number of benzene rings is 2. The smallest absolute Gasteiger partial charge is 0.459 e. The average Bonchev–Trinajstić information content (AvgIpc) is 2.58. The summed E-state index contributed by atoms with van der Waals surface area (Å²) in [6.45, 7) is 1.50. The van der Waals surface area contributed by atoms with Gasteiger partial charge in [-0.05, 0) is 24.6 Å². The molecule has 0 aliphatic carbocycles. The van der Waals surface area contributed by atoms with Crippen molar-refractivity contribution in [2.24, 2.45) is 0 Å². The van der Waals surface area contributed by atoms with Crippen molar-refractivity contribution in [1.29, 1.82) is 0 Å². The van der Waals surface area contributed by atoms with E-state index in [2.05, 4.69) is 4.62 Å². The van der Waals surface area contributed by atoms with Gasteiger partial charge in [-0.25, -0.2) is 14.4 Å². The molecule has 2 aromatic carbocycles. The number of ether oxygens (including phenoxy) is 1. The third kappa shape index (κ3) is 5.47. The molecule has 0 fully saturated rings. The Morgan fingerprint density at radius 2 is 1.62 bits per heavy atom. The normalized spacial score (nSPS) is 12.5. The molecule has 7 nitrogen and oxygen atoms in total. The van der Waals surface area contributed by atoms with Gasteiger partial charge in [0, 0.05) is 0 Å². The SMILES string of the molecule is C[C@@H](C(=O)OCc1ccccc1)N(OP(=O)(O)O)c1ccccc1. The summed E-state index contributed by atoms with van der Waals surface area (Å²) in [4.78, 5) is 30.4. The maximum atomic E-state index is 12.2. The van der Waals surface area contributed by atoms with Crippen LogP contribution in [0.3, 0.4) is 0 Å². The maximum Gasteiger partial charge on any atom is 0.491 e. The van der Waals surface area contributed by atoms with E-state index >= 15 is 0 Å². The Kier molecular flexibility index (Phi) is 6.11. The summed E-state index contributed by atoms with van der Waals surface area (Å²) in [5.74, 6) is -0.670. The molecule has 0 bridgehead atoms. The van der Waals surface area contributed by atoms with Crippen LogP contribution < -0.4 is 5.06 Å². The quantitative estimate of drug-likeness (QED) is 0.450. The lowest BCUT2D eigenvalue weighted by molar-refractivity contribution is -0.147.